The lowest BCUT2D eigenvalue weighted by Crippen LogP contribution is -2.02. The zero-order chi connectivity index (χ0) is 13.2. The highest BCUT2D eigenvalue weighted by molar-refractivity contribution is 7.09. The van der Waals surface area contributed by atoms with Crippen molar-refractivity contribution in [3.63, 3.8) is 0 Å². The van der Waals surface area contributed by atoms with Gasteiger partial charge in [-0.05, 0) is 29.4 Å². The lowest BCUT2D eigenvalue weighted by molar-refractivity contribution is 0.306. The van der Waals surface area contributed by atoms with Gasteiger partial charge in [0.2, 0.25) is 0 Å². The maximum Gasteiger partial charge on any atom is 0.179 e. The van der Waals surface area contributed by atoms with Crippen molar-refractivity contribution in [2.75, 3.05) is 12.3 Å². The summed E-state index contributed by atoms with van der Waals surface area (Å²) in [7, 11) is 0. The summed E-state index contributed by atoms with van der Waals surface area (Å²) in [4.78, 5) is 5.43. The number of ether oxygens (including phenoxy) is 1. The van der Waals surface area contributed by atoms with Crippen molar-refractivity contribution in [3.8, 4) is 5.75 Å². The van der Waals surface area contributed by atoms with E-state index < -0.39 is 0 Å². The van der Waals surface area contributed by atoms with E-state index in [1.54, 1.807) is 23.5 Å². The van der Waals surface area contributed by atoms with Gasteiger partial charge in [0.05, 0.1) is 23.5 Å². The molecule has 7 heteroatoms. The number of nitrogens with two attached hydrogens (primary N) is 1. The number of thiazole rings is 1. The first-order valence-electron chi connectivity index (χ1n) is 5.78. The molecule has 3 rings (SSSR count). The first kappa shape index (κ1) is 11.9. The number of hydrogen-bond donors (Lipinski definition) is 1. The molecule has 0 aliphatic carbocycles. The molecule has 6 nitrogen and oxygen atoms in total. The number of aryl methyl sites for hydroxylation is 1. The third kappa shape index (κ3) is 2.24. The van der Waals surface area contributed by atoms with Crippen molar-refractivity contribution in [3.05, 3.63) is 28.2 Å². The maximum absolute atomic E-state index is 5.77. The highest BCUT2D eigenvalue weighted by Crippen LogP contribution is 2.27. The normalized spacial score (nSPS) is 11.0. The van der Waals surface area contributed by atoms with Crippen LogP contribution in [0.5, 0.6) is 5.75 Å². The van der Waals surface area contributed by atoms with Crippen LogP contribution < -0.4 is 10.5 Å². The summed E-state index contributed by atoms with van der Waals surface area (Å²) in [6, 6.07) is 3.52. The molecule has 0 fully saturated rings. The van der Waals surface area contributed by atoms with Crippen LogP contribution in [-0.2, 0) is 6.42 Å². The molecule has 2 heterocycles. The number of rotatable bonds is 4. The molecule has 0 aliphatic heterocycles. The number of nitrogen functional groups attached to an aromatic ring is 1. The summed E-state index contributed by atoms with van der Waals surface area (Å²) in [6.45, 7) is 2.55. The Labute approximate surface area is 113 Å². The van der Waals surface area contributed by atoms with Crippen molar-refractivity contribution in [1.82, 2.24) is 15.3 Å². The van der Waals surface area contributed by atoms with Crippen LogP contribution in [0.4, 0.5) is 5.69 Å². The van der Waals surface area contributed by atoms with Crippen LogP contribution in [0.15, 0.2) is 22.3 Å². The lowest BCUT2D eigenvalue weighted by atomic mass is 10.2. The van der Waals surface area contributed by atoms with Crippen molar-refractivity contribution in [2.45, 2.75) is 13.3 Å². The minimum absolute atomic E-state index is 0.530. The third-order valence-electron chi connectivity index (χ3n) is 2.84. The molecule has 0 aliphatic rings. The van der Waals surface area contributed by atoms with Gasteiger partial charge in [0.1, 0.15) is 0 Å². The second kappa shape index (κ2) is 4.85. The molecular weight excluding hydrogens is 264 g/mol. The van der Waals surface area contributed by atoms with Gasteiger partial charge in [0, 0.05) is 11.3 Å². The fraction of sp³-hybridized carbons (Fsp3) is 0.250. The summed E-state index contributed by atoms with van der Waals surface area (Å²) in [5.74, 6) is 0.632. The predicted octanol–water partition coefficient (Wildman–Crippen LogP) is 2.19. The second-order valence-electron chi connectivity index (χ2n) is 4.07. The molecule has 0 atom stereocenters. The minimum Gasteiger partial charge on any atom is -0.491 e. The predicted molar refractivity (Wildman–Crippen MR) is 72.3 cm³/mol. The smallest absolute Gasteiger partial charge is 0.179 e. The molecule has 1 aromatic carbocycles. The number of aromatic nitrogens is 3. The molecule has 0 unspecified atom stereocenters. The molecule has 2 N–H and O–H groups in total. The van der Waals surface area contributed by atoms with Crippen molar-refractivity contribution in [2.24, 2.45) is 0 Å². The molecule has 19 heavy (non-hydrogen) atoms. The molecule has 3 aromatic rings. The molecular formula is C12H12N4O2S. The summed E-state index contributed by atoms with van der Waals surface area (Å²) >= 11 is 1.63. The van der Waals surface area contributed by atoms with Gasteiger partial charge in [0.25, 0.3) is 0 Å². The number of nitrogens with zero attached hydrogens (tertiary/aromatic N) is 3. The van der Waals surface area contributed by atoms with Gasteiger partial charge in [-0.15, -0.1) is 11.3 Å². The number of hydrogen-bond acceptors (Lipinski definition) is 7. The maximum atomic E-state index is 5.77. The Bertz CT molecular complexity index is 707. The topological polar surface area (TPSA) is 87.1 Å². The van der Waals surface area contributed by atoms with Crippen LogP contribution in [-0.4, -0.2) is 21.9 Å². The molecule has 0 saturated carbocycles. The zero-order valence-electron chi connectivity index (χ0n) is 10.3. The van der Waals surface area contributed by atoms with Crippen molar-refractivity contribution < 1.29 is 9.37 Å². The molecule has 0 saturated heterocycles. The van der Waals surface area contributed by atoms with E-state index >= 15 is 0 Å². The third-order valence-corrected chi connectivity index (χ3v) is 3.84. The van der Waals surface area contributed by atoms with Crippen LogP contribution in [0, 0.1) is 6.92 Å². The van der Waals surface area contributed by atoms with Crippen LogP contribution in [0.25, 0.3) is 11.0 Å². The van der Waals surface area contributed by atoms with Gasteiger partial charge in [-0.1, -0.05) is 0 Å². The van der Waals surface area contributed by atoms with Gasteiger partial charge in [-0.25, -0.2) is 9.61 Å². The summed E-state index contributed by atoms with van der Waals surface area (Å²) < 4.78 is 10.4. The summed E-state index contributed by atoms with van der Waals surface area (Å²) in [6.07, 6.45) is 0.813. The molecule has 98 valence electrons. The Hall–Kier alpha value is -2.15. The summed E-state index contributed by atoms with van der Waals surface area (Å²) in [5, 5.41) is 7.56. The average Bonchev–Trinajstić information content (AvgIpc) is 3.02. The monoisotopic (exact) mass is 276 g/mol. The molecule has 2 aromatic heterocycles. The molecule has 0 radical (unpaired) electrons. The first-order valence-corrected chi connectivity index (χ1v) is 6.66. The quantitative estimate of drug-likeness (QED) is 0.735. The van der Waals surface area contributed by atoms with Crippen molar-refractivity contribution in [1.29, 1.82) is 0 Å². The van der Waals surface area contributed by atoms with Gasteiger partial charge < -0.3 is 10.5 Å². The molecule has 0 spiro atoms. The molecule has 0 bridgehead atoms. The van der Waals surface area contributed by atoms with E-state index in [2.05, 4.69) is 19.9 Å². The highest BCUT2D eigenvalue weighted by atomic mass is 32.1. The van der Waals surface area contributed by atoms with E-state index in [-0.39, 0.29) is 0 Å². The van der Waals surface area contributed by atoms with Crippen LogP contribution in [0.3, 0.4) is 0 Å². The van der Waals surface area contributed by atoms with E-state index in [4.69, 9.17) is 10.5 Å². The van der Waals surface area contributed by atoms with E-state index in [1.165, 1.54) is 4.88 Å². The molecule has 0 amide bonds. The standard InChI is InChI=1S/C12H12N4O2S/c1-7-10(19-6-14-7)4-5-17-9-3-2-8(13)11-12(9)16-18-15-11/h2-3,6H,4-5,13H2,1H3. The zero-order valence-corrected chi connectivity index (χ0v) is 11.1. The van der Waals surface area contributed by atoms with Gasteiger partial charge in [0.15, 0.2) is 16.8 Å². The highest BCUT2D eigenvalue weighted by Gasteiger charge is 2.11. The number of anilines is 1. The van der Waals surface area contributed by atoms with Crippen LogP contribution in [0.2, 0.25) is 0 Å². The first-order chi connectivity index (χ1) is 9.25. The second-order valence-corrected chi connectivity index (χ2v) is 5.01. The lowest BCUT2D eigenvalue weighted by Gasteiger charge is -2.06. The van der Waals surface area contributed by atoms with Gasteiger partial charge in [-0.3, -0.25) is 0 Å². The Morgan fingerprint density at radius 1 is 1.32 bits per heavy atom. The number of fused-ring (bicyclic) bond motifs is 1. The SMILES string of the molecule is Cc1ncsc1CCOc1ccc(N)c2nonc12. The van der Waals surface area contributed by atoms with Gasteiger partial charge >= 0.3 is 0 Å². The van der Waals surface area contributed by atoms with E-state index in [9.17, 15) is 0 Å². The largest absolute Gasteiger partial charge is 0.491 e. The van der Waals surface area contributed by atoms with Crippen LogP contribution in [0.1, 0.15) is 10.6 Å². The number of benzene rings is 1. The van der Waals surface area contributed by atoms with E-state index in [1.807, 2.05) is 12.4 Å². The van der Waals surface area contributed by atoms with Crippen molar-refractivity contribution >= 4 is 28.1 Å². The fourth-order valence-electron chi connectivity index (χ4n) is 1.80. The summed E-state index contributed by atoms with van der Waals surface area (Å²) in [5.41, 5.74) is 10.3. The van der Waals surface area contributed by atoms with E-state index in [0.29, 0.717) is 29.1 Å². The average molecular weight is 276 g/mol. The Balaban J connectivity index is 1.74. The van der Waals surface area contributed by atoms with E-state index in [0.717, 1.165) is 12.1 Å². The Morgan fingerprint density at radius 2 is 2.16 bits per heavy atom. The van der Waals surface area contributed by atoms with Gasteiger partial charge in [-0.2, -0.15) is 0 Å². The fourth-order valence-corrected chi connectivity index (χ4v) is 2.56. The van der Waals surface area contributed by atoms with Crippen LogP contribution >= 0.6 is 11.3 Å². The minimum atomic E-state index is 0.530. The Kier molecular flexibility index (Phi) is 3.04. The Morgan fingerprint density at radius 3 is 2.95 bits per heavy atom.